The summed E-state index contributed by atoms with van der Waals surface area (Å²) >= 11 is 0. The van der Waals surface area contributed by atoms with Crippen LogP contribution in [0.2, 0.25) is 0 Å². The maximum Gasteiger partial charge on any atom is 0.315 e. The lowest BCUT2D eigenvalue weighted by Crippen LogP contribution is -2.27. The van der Waals surface area contributed by atoms with Crippen LogP contribution in [-0.4, -0.2) is 10.9 Å². The number of rotatable bonds is 4. The van der Waals surface area contributed by atoms with E-state index in [-0.39, 0.29) is 23.5 Å². The standard InChI is InChI=1S/C19H17NO4/c1-2-16-17(13-8-10-15(11-9-13)20(22)23)12-18(24-19(16)21)14-6-4-3-5-7-14/h3-12,16-17H,2H2,1H3. The zero-order valence-electron chi connectivity index (χ0n) is 13.2. The van der Waals surface area contributed by atoms with Gasteiger partial charge in [-0.25, -0.2) is 0 Å². The van der Waals surface area contributed by atoms with Gasteiger partial charge in [-0.15, -0.1) is 0 Å². The van der Waals surface area contributed by atoms with Gasteiger partial charge < -0.3 is 4.74 Å². The molecule has 24 heavy (non-hydrogen) atoms. The molecule has 3 rings (SSSR count). The van der Waals surface area contributed by atoms with Crippen LogP contribution in [0.25, 0.3) is 5.76 Å². The number of non-ortho nitro benzene ring substituents is 1. The number of hydrogen-bond donors (Lipinski definition) is 0. The Morgan fingerprint density at radius 1 is 1.08 bits per heavy atom. The van der Waals surface area contributed by atoms with Gasteiger partial charge in [-0.3, -0.25) is 14.9 Å². The lowest BCUT2D eigenvalue weighted by atomic mass is 9.82. The van der Waals surface area contributed by atoms with Gasteiger partial charge in [-0.05, 0) is 18.1 Å². The number of hydrogen-bond acceptors (Lipinski definition) is 4. The summed E-state index contributed by atoms with van der Waals surface area (Å²) in [6.07, 6.45) is 2.57. The number of benzene rings is 2. The number of carbonyl (C=O) groups excluding carboxylic acids is 1. The van der Waals surface area contributed by atoms with Crippen LogP contribution < -0.4 is 0 Å². The maximum atomic E-state index is 12.4. The number of cyclic esters (lactones) is 1. The smallest absolute Gasteiger partial charge is 0.315 e. The van der Waals surface area contributed by atoms with Crippen molar-refractivity contribution < 1.29 is 14.5 Å². The fraction of sp³-hybridized carbons (Fsp3) is 0.211. The highest BCUT2D eigenvalue weighted by Gasteiger charge is 2.34. The SMILES string of the molecule is CCC1C(=O)OC(c2ccccc2)=CC1c1ccc([N+](=O)[O-])cc1. The summed E-state index contributed by atoms with van der Waals surface area (Å²) in [4.78, 5) is 22.8. The molecule has 0 amide bonds. The monoisotopic (exact) mass is 323 g/mol. The Morgan fingerprint density at radius 2 is 1.75 bits per heavy atom. The second kappa shape index (κ2) is 6.66. The van der Waals surface area contributed by atoms with Crippen LogP contribution in [0.5, 0.6) is 0 Å². The molecule has 0 aliphatic carbocycles. The Balaban J connectivity index is 2.01. The van der Waals surface area contributed by atoms with Crippen LogP contribution in [0.15, 0.2) is 60.7 Å². The Bertz CT molecular complexity index is 781. The predicted octanol–water partition coefficient (Wildman–Crippen LogP) is 4.30. The fourth-order valence-corrected chi connectivity index (χ4v) is 2.97. The first-order chi connectivity index (χ1) is 11.6. The van der Waals surface area contributed by atoms with Gasteiger partial charge in [0.2, 0.25) is 0 Å². The van der Waals surface area contributed by atoms with E-state index >= 15 is 0 Å². The van der Waals surface area contributed by atoms with Gasteiger partial charge in [0.15, 0.2) is 0 Å². The van der Waals surface area contributed by atoms with Gasteiger partial charge in [-0.2, -0.15) is 0 Å². The van der Waals surface area contributed by atoms with Gasteiger partial charge in [0.05, 0.1) is 10.8 Å². The van der Waals surface area contributed by atoms with Crippen LogP contribution in [0.1, 0.15) is 30.4 Å². The first-order valence-corrected chi connectivity index (χ1v) is 7.83. The number of nitrogens with zero attached hydrogens (tertiary/aromatic N) is 1. The van der Waals surface area contributed by atoms with E-state index in [0.717, 1.165) is 11.1 Å². The van der Waals surface area contributed by atoms with E-state index in [2.05, 4.69) is 0 Å². The lowest BCUT2D eigenvalue weighted by Gasteiger charge is -2.28. The van der Waals surface area contributed by atoms with Crippen molar-refractivity contribution in [1.82, 2.24) is 0 Å². The summed E-state index contributed by atoms with van der Waals surface area (Å²) in [7, 11) is 0. The number of nitro groups is 1. The molecule has 0 saturated heterocycles. The van der Waals surface area contributed by atoms with Crippen molar-refractivity contribution in [2.75, 3.05) is 0 Å². The number of allylic oxidation sites excluding steroid dienone is 1. The lowest BCUT2D eigenvalue weighted by molar-refractivity contribution is -0.384. The third-order valence-electron chi connectivity index (χ3n) is 4.26. The molecule has 2 aromatic carbocycles. The number of ether oxygens (including phenoxy) is 1. The molecule has 5 nitrogen and oxygen atoms in total. The van der Waals surface area contributed by atoms with E-state index in [4.69, 9.17) is 4.74 Å². The van der Waals surface area contributed by atoms with Crippen molar-refractivity contribution in [3.63, 3.8) is 0 Å². The molecule has 0 radical (unpaired) electrons. The summed E-state index contributed by atoms with van der Waals surface area (Å²) in [6.45, 7) is 1.94. The topological polar surface area (TPSA) is 69.4 Å². The average molecular weight is 323 g/mol. The second-order valence-electron chi connectivity index (χ2n) is 5.71. The number of nitro benzene ring substituents is 1. The largest absolute Gasteiger partial charge is 0.426 e. The summed E-state index contributed by atoms with van der Waals surface area (Å²) in [6, 6.07) is 15.8. The van der Waals surface area contributed by atoms with Crippen molar-refractivity contribution in [2.24, 2.45) is 5.92 Å². The Kier molecular flexibility index (Phi) is 4.42. The molecule has 1 aliphatic rings. The van der Waals surface area contributed by atoms with Crippen molar-refractivity contribution in [1.29, 1.82) is 0 Å². The Labute approximate surface area is 139 Å². The fourth-order valence-electron chi connectivity index (χ4n) is 2.97. The van der Waals surface area contributed by atoms with E-state index in [1.165, 1.54) is 12.1 Å². The molecule has 2 unspecified atom stereocenters. The van der Waals surface area contributed by atoms with Gasteiger partial charge in [0, 0.05) is 23.6 Å². The molecule has 5 heteroatoms. The first kappa shape index (κ1) is 15.9. The molecule has 1 heterocycles. The van der Waals surface area contributed by atoms with Gasteiger partial charge >= 0.3 is 5.97 Å². The number of esters is 1. The summed E-state index contributed by atoms with van der Waals surface area (Å²) in [5.74, 6) is -0.179. The molecule has 0 bridgehead atoms. The molecule has 2 aromatic rings. The first-order valence-electron chi connectivity index (χ1n) is 7.83. The third-order valence-corrected chi connectivity index (χ3v) is 4.26. The van der Waals surface area contributed by atoms with E-state index in [1.54, 1.807) is 12.1 Å². The molecule has 0 saturated carbocycles. The van der Waals surface area contributed by atoms with Crippen LogP contribution >= 0.6 is 0 Å². The zero-order valence-corrected chi connectivity index (χ0v) is 13.2. The maximum absolute atomic E-state index is 12.4. The molecule has 0 spiro atoms. The van der Waals surface area contributed by atoms with Crippen LogP contribution in [-0.2, 0) is 9.53 Å². The van der Waals surface area contributed by atoms with E-state index in [1.807, 2.05) is 43.3 Å². The molecular formula is C19H17NO4. The Morgan fingerprint density at radius 3 is 2.33 bits per heavy atom. The summed E-state index contributed by atoms with van der Waals surface area (Å²) in [5, 5.41) is 10.8. The minimum atomic E-state index is -0.429. The van der Waals surface area contributed by atoms with Crippen LogP contribution in [0.3, 0.4) is 0 Å². The minimum Gasteiger partial charge on any atom is -0.426 e. The van der Waals surface area contributed by atoms with Crippen molar-refractivity contribution >= 4 is 17.4 Å². The predicted molar refractivity (Wildman–Crippen MR) is 90.1 cm³/mol. The quantitative estimate of drug-likeness (QED) is 0.478. The molecule has 0 N–H and O–H groups in total. The van der Waals surface area contributed by atoms with Gasteiger partial charge in [0.25, 0.3) is 5.69 Å². The highest BCUT2D eigenvalue weighted by molar-refractivity contribution is 5.84. The van der Waals surface area contributed by atoms with E-state index < -0.39 is 4.92 Å². The Hall–Kier alpha value is -2.95. The van der Waals surface area contributed by atoms with Gasteiger partial charge in [-0.1, -0.05) is 49.4 Å². The summed E-state index contributed by atoms with van der Waals surface area (Å²) < 4.78 is 5.50. The number of carbonyl (C=O) groups is 1. The minimum absolute atomic E-state index is 0.0393. The van der Waals surface area contributed by atoms with E-state index in [9.17, 15) is 14.9 Å². The average Bonchev–Trinajstić information content (AvgIpc) is 2.62. The highest BCUT2D eigenvalue weighted by Crippen LogP contribution is 2.38. The molecular weight excluding hydrogens is 306 g/mol. The van der Waals surface area contributed by atoms with Crippen LogP contribution in [0, 0.1) is 16.0 Å². The van der Waals surface area contributed by atoms with Crippen molar-refractivity contribution in [3.05, 3.63) is 81.9 Å². The van der Waals surface area contributed by atoms with Crippen LogP contribution in [0.4, 0.5) is 5.69 Å². The second-order valence-corrected chi connectivity index (χ2v) is 5.71. The normalized spacial score (nSPS) is 20.2. The molecule has 0 aromatic heterocycles. The zero-order chi connectivity index (χ0) is 17.1. The molecule has 0 fully saturated rings. The molecule has 2 atom stereocenters. The van der Waals surface area contributed by atoms with Crippen molar-refractivity contribution in [3.8, 4) is 0 Å². The van der Waals surface area contributed by atoms with Crippen molar-refractivity contribution in [2.45, 2.75) is 19.3 Å². The molecule has 122 valence electrons. The molecule has 1 aliphatic heterocycles. The highest BCUT2D eigenvalue weighted by atomic mass is 16.6. The third kappa shape index (κ3) is 3.06. The summed E-state index contributed by atoms with van der Waals surface area (Å²) in [5.41, 5.74) is 1.75. The van der Waals surface area contributed by atoms with Gasteiger partial charge in [0.1, 0.15) is 5.76 Å². The van der Waals surface area contributed by atoms with E-state index in [0.29, 0.717) is 12.2 Å².